The second-order valence-electron chi connectivity index (χ2n) is 8.35. The largest absolute Gasteiger partial charge is 0.328 e. The van der Waals surface area contributed by atoms with Gasteiger partial charge in [0, 0.05) is 17.8 Å². The van der Waals surface area contributed by atoms with Crippen LogP contribution >= 0.6 is 22.7 Å². The first-order chi connectivity index (χ1) is 14.6. The normalized spacial score (nSPS) is 19.3. The highest BCUT2D eigenvalue weighted by Gasteiger charge is 2.35. The Labute approximate surface area is 182 Å². The van der Waals surface area contributed by atoms with Gasteiger partial charge in [0.25, 0.3) is 5.91 Å². The molecule has 152 valence electrons. The highest BCUT2D eigenvalue weighted by atomic mass is 32.1. The SMILES string of the molecule is Cc1nc(C2CC2)nc2sc(C(=O)N3CCCC3c3nc4ccccc4s3)c(C)c12. The number of hydrogen-bond acceptors (Lipinski definition) is 6. The van der Waals surface area contributed by atoms with Crippen molar-refractivity contribution in [2.45, 2.75) is 51.5 Å². The minimum absolute atomic E-state index is 0.0636. The Balaban J connectivity index is 1.38. The molecular weight excluding hydrogens is 412 g/mol. The molecule has 1 unspecified atom stereocenters. The summed E-state index contributed by atoms with van der Waals surface area (Å²) in [5, 5.41) is 2.11. The van der Waals surface area contributed by atoms with Gasteiger partial charge < -0.3 is 4.90 Å². The zero-order chi connectivity index (χ0) is 20.4. The van der Waals surface area contributed by atoms with E-state index in [1.807, 2.05) is 36.9 Å². The molecule has 5 nitrogen and oxygen atoms in total. The van der Waals surface area contributed by atoms with Crippen molar-refractivity contribution < 1.29 is 4.79 Å². The van der Waals surface area contributed by atoms with Crippen LogP contribution in [0.25, 0.3) is 20.4 Å². The second kappa shape index (κ2) is 6.82. The predicted molar refractivity (Wildman–Crippen MR) is 121 cm³/mol. The molecular formula is C23H22N4OS2. The van der Waals surface area contributed by atoms with Crippen LogP contribution in [0.1, 0.15) is 69.4 Å². The maximum atomic E-state index is 13.6. The van der Waals surface area contributed by atoms with Crippen molar-refractivity contribution in [2.75, 3.05) is 6.54 Å². The third kappa shape index (κ3) is 2.87. The minimum atomic E-state index is 0.0636. The van der Waals surface area contributed by atoms with Gasteiger partial charge in [-0.05, 0) is 57.2 Å². The molecule has 1 saturated heterocycles. The van der Waals surface area contributed by atoms with Crippen LogP contribution < -0.4 is 0 Å². The van der Waals surface area contributed by atoms with Gasteiger partial charge in [-0.2, -0.15) is 0 Å². The fourth-order valence-electron chi connectivity index (χ4n) is 4.52. The van der Waals surface area contributed by atoms with Gasteiger partial charge in [0.05, 0.1) is 26.8 Å². The number of rotatable bonds is 3. The first-order valence-corrected chi connectivity index (χ1v) is 12.2. The number of carbonyl (C=O) groups is 1. The fourth-order valence-corrected chi connectivity index (χ4v) is 6.83. The van der Waals surface area contributed by atoms with Crippen LogP contribution in [0.4, 0.5) is 0 Å². The van der Waals surface area contributed by atoms with Gasteiger partial charge in [0.1, 0.15) is 15.7 Å². The van der Waals surface area contributed by atoms with E-state index in [-0.39, 0.29) is 11.9 Å². The Hall–Kier alpha value is -2.38. The Morgan fingerprint density at radius 1 is 1.07 bits per heavy atom. The number of fused-ring (bicyclic) bond motifs is 2. The summed E-state index contributed by atoms with van der Waals surface area (Å²) in [7, 11) is 0. The molecule has 6 rings (SSSR count). The lowest BCUT2D eigenvalue weighted by molar-refractivity contribution is 0.0740. The average molecular weight is 435 g/mol. The molecule has 2 aliphatic rings. The van der Waals surface area contributed by atoms with E-state index in [2.05, 4.69) is 6.07 Å². The zero-order valence-electron chi connectivity index (χ0n) is 17.0. The monoisotopic (exact) mass is 434 g/mol. The molecule has 0 N–H and O–H groups in total. The summed E-state index contributed by atoms with van der Waals surface area (Å²) in [6.07, 6.45) is 4.35. The maximum absolute atomic E-state index is 13.6. The number of benzene rings is 1. The number of aryl methyl sites for hydroxylation is 2. The zero-order valence-corrected chi connectivity index (χ0v) is 18.6. The first kappa shape index (κ1) is 18.4. The molecule has 4 heterocycles. The van der Waals surface area contributed by atoms with E-state index in [4.69, 9.17) is 15.0 Å². The molecule has 0 bridgehead atoms. The van der Waals surface area contributed by atoms with Gasteiger partial charge in [-0.3, -0.25) is 4.79 Å². The Kier molecular flexibility index (Phi) is 4.18. The number of hydrogen-bond donors (Lipinski definition) is 0. The number of amides is 1. The molecule has 1 aromatic carbocycles. The quantitative estimate of drug-likeness (QED) is 0.410. The van der Waals surface area contributed by atoms with Gasteiger partial charge in [-0.25, -0.2) is 15.0 Å². The lowest BCUT2D eigenvalue weighted by Crippen LogP contribution is -2.30. The summed E-state index contributed by atoms with van der Waals surface area (Å²) in [6.45, 7) is 4.87. The van der Waals surface area contributed by atoms with Gasteiger partial charge in [0.2, 0.25) is 0 Å². The molecule has 1 amide bonds. The first-order valence-electron chi connectivity index (χ1n) is 10.5. The number of thiazole rings is 1. The number of aromatic nitrogens is 3. The van der Waals surface area contributed by atoms with Crippen molar-refractivity contribution in [1.29, 1.82) is 0 Å². The number of carbonyl (C=O) groups excluding carboxylic acids is 1. The van der Waals surface area contributed by atoms with Crippen LogP contribution in [0.5, 0.6) is 0 Å². The summed E-state index contributed by atoms with van der Waals surface area (Å²) >= 11 is 3.25. The van der Waals surface area contributed by atoms with Crippen molar-refractivity contribution in [2.24, 2.45) is 0 Å². The fraction of sp³-hybridized carbons (Fsp3) is 0.391. The number of thiophene rings is 1. The van der Waals surface area contributed by atoms with Crippen LogP contribution in [0, 0.1) is 13.8 Å². The molecule has 0 radical (unpaired) electrons. The van der Waals surface area contributed by atoms with E-state index < -0.39 is 0 Å². The van der Waals surface area contributed by atoms with Crippen LogP contribution in [0.2, 0.25) is 0 Å². The second-order valence-corrected chi connectivity index (χ2v) is 10.4. The van der Waals surface area contributed by atoms with Crippen molar-refractivity contribution in [3.63, 3.8) is 0 Å². The van der Waals surface area contributed by atoms with E-state index in [1.54, 1.807) is 11.3 Å². The number of likely N-dealkylation sites (tertiary alicyclic amines) is 1. The number of nitrogens with zero attached hydrogens (tertiary/aromatic N) is 4. The van der Waals surface area contributed by atoms with E-state index in [1.165, 1.54) is 28.9 Å². The van der Waals surface area contributed by atoms with E-state index in [9.17, 15) is 4.79 Å². The topological polar surface area (TPSA) is 59.0 Å². The molecule has 3 aromatic heterocycles. The minimum Gasteiger partial charge on any atom is -0.328 e. The summed E-state index contributed by atoms with van der Waals surface area (Å²) in [5.41, 5.74) is 3.04. The lowest BCUT2D eigenvalue weighted by atomic mass is 10.1. The lowest BCUT2D eigenvalue weighted by Gasteiger charge is -2.22. The molecule has 4 aromatic rings. The van der Waals surface area contributed by atoms with E-state index >= 15 is 0 Å². The molecule has 1 atom stereocenters. The third-order valence-electron chi connectivity index (χ3n) is 6.23. The van der Waals surface area contributed by atoms with Crippen LogP contribution in [0.15, 0.2) is 24.3 Å². The van der Waals surface area contributed by atoms with Gasteiger partial charge in [-0.1, -0.05) is 12.1 Å². The van der Waals surface area contributed by atoms with Crippen molar-refractivity contribution in [3.8, 4) is 0 Å². The summed E-state index contributed by atoms with van der Waals surface area (Å²) in [5.74, 6) is 1.58. The average Bonchev–Trinajstić information content (AvgIpc) is 3.18. The van der Waals surface area contributed by atoms with Gasteiger partial charge in [-0.15, -0.1) is 22.7 Å². The van der Waals surface area contributed by atoms with Crippen molar-refractivity contribution >= 4 is 49.0 Å². The molecule has 2 fully saturated rings. The Morgan fingerprint density at radius 3 is 2.70 bits per heavy atom. The molecule has 1 aliphatic carbocycles. The van der Waals surface area contributed by atoms with Gasteiger partial charge >= 0.3 is 0 Å². The van der Waals surface area contributed by atoms with Crippen LogP contribution in [-0.4, -0.2) is 32.3 Å². The highest BCUT2D eigenvalue weighted by Crippen LogP contribution is 2.42. The Morgan fingerprint density at radius 2 is 1.90 bits per heavy atom. The molecule has 30 heavy (non-hydrogen) atoms. The summed E-state index contributed by atoms with van der Waals surface area (Å²) in [6, 6.07) is 8.27. The molecule has 0 spiro atoms. The third-order valence-corrected chi connectivity index (χ3v) is 8.55. The number of para-hydroxylation sites is 1. The molecule has 1 saturated carbocycles. The summed E-state index contributed by atoms with van der Waals surface area (Å²) in [4.78, 5) is 31.8. The van der Waals surface area contributed by atoms with E-state index in [0.717, 1.165) is 62.1 Å². The van der Waals surface area contributed by atoms with Gasteiger partial charge in [0.15, 0.2) is 0 Å². The smallest absolute Gasteiger partial charge is 0.264 e. The Bertz CT molecular complexity index is 1270. The molecule has 1 aliphatic heterocycles. The summed E-state index contributed by atoms with van der Waals surface area (Å²) < 4.78 is 1.18. The van der Waals surface area contributed by atoms with Crippen LogP contribution in [-0.2, 0) is 0 Å². The van der Waals surface area contributed by atoms with E-state index in [0.29, 0.717) is 5.92 Å². The highest BCUT2D eigenvalue weighted by molar-refractivity contribution is 7.20. The van der Waals surface area contributed by atoms with Crippen molar-refractivity contribution in [1.82, 2.24) is 19.9 Å². The van der Waals surface area contributed by atoms with Crippen LogP contribution in [0.3, 0.4) is 0 Å². The predicted octanol–water partition coefficient (Wildman–Crippen LogP) is 5.77. The molecule has 7 heteroatoms. The standard InChI is InChI=1S/C23H22N4OS2/c1-12-18-13(2)24-20(14-9-10-14)26-22(18)30-19(12)23(28)27-11-5-7-16(27)21-25-15-6-3-4-8-17(15)29-21/h3-4,6,8,14,16H,5,7,9-11H2,1-2H3. The van der Waals surface area contributed by atoms with Crippen molar-refractivity contribution in [3.05, 3.63) is 51.2 Å². The maximum Gasteiger partial charge on any atom is 0.264 e.